The molecule has 0 saturated carbocycles. The summed E-state index contributed by atoms with van der Waals surface area (Å²) in [6.07, 6.45) is 2.96. The number of rotatable bonds is 4. The first-order chi connectivity index (χ1) is 16.5. The van der Waals surface area contributed by atoms with Crippen LogP contribution in [-0.4, -0.2) is 35.6 Å². The zero-order valence-electron chi connectivity index (χ0n) is 20.1. The molecule has 2 N–H and O–H groups in total. The number of piperidine rings is 1. The van der Waals surface area contributed by atoms with Gasteiger partial charge in [0.15, 0.2) is 0 Å². The molecule has 2 heterocycles. The predicted octanol–water partition coefficient (Wildman–Crippen LogP) is 6.58. The third kappa shape index (κ3) is 5.41. The maximum atomic E-state index is 13.2. The number of benzene rings is 2. The molecular formula is C26H30Cl3N3O3. The molecule has 0 spiro atoms. The van der Waals surface area contributed by atoms with Gasteiger partial charge in [-0.1, -0.05) is 53.0 Å². The van der Waals surface area contributed by atoms with Crippen molar-refractivity contribution in [2.24, 2.45) is 11.8 Å². The van der Waals surface area contributed by atoms with Gasteiger partial charge in [0.2, 0.25) is 0 Å². The number of likely N-dealkylation sites (tertiary alicyclic amines) is 1. The van der Waals surface area contributed by atoms with E-state index in [9.17, 15) is 9.59 Å². The Labute approximate surface area is 221 Å². The Balaban J connectivity index is 1.54. The highest BCUT2D eigenvalue weighted by Gasteiger charge is 2.41. The fourth-order valence-corrected chi connectivity index (χ4v) is 5.62. The summed E-state index contributed by atoms with van der Waals surface area (Å²) >= 11 is 19.6. The van der Waals surface area contributed by atoms with Gasteiger partial charge in [-0.25, -0.2) is 15.6 Å². The molecule has 1 atom stereocenters. The molecule has 0 bridgehead atoms. The van der Waals surface area contributed by atoms with Crippen LogP contribution >= 0.6 is 34.8 Å². The number of nitrogens with zero attached hydrogens (tertiary/aromatic N) is 2. The van der Waals surface area contributed by atoms with Gasteiger partial charge in [-0.15, -0.1) is 0 Å². The first kappa shape index (κ1) is 26.1. The van der Waals surface area contributed by atoms with Crippen LogP contribution in [0, 0.1) is 5.92 Å². The number of carbonyl (C=O) groups excluding carboxylic acids is 2. The maximum absolute atomic E-state index is 13.2. The van der Waals surface area contributed by atoms with Crippen LogP contribution < -0.4 is 10.9 Å². The molecule has 0 radical (unpaired) electrons. The van der Waals surface area contributed by atoms with E-state index in [0.717, 1.165) is 35.4 Å². The van der Waals surface area contributed by atoms with Gasteiger partial charge < -0.3 is 9.64 Å². The van der Waals surface area contributed by atoms with Crippen molar-refractivity contribution < 1.29 is 14.3 Å². The number of hydrazine groups is 1. The highest BCUT2D eigenvalue weighted by Crippen LogP contribution is 2.48. The largest absolute Gasteiger partial charge is 0.444 e. The van der Waals surface area contributed by atoms with Crippen molar-refractivity contribution in [3.8, 4) is 0 Å². The van der Waals surface area contributed by atoms with Gasteiger partial charge in [0.25, 0.3) is 5.91 Å². The lowest BCUT2D eigenvalue weighted by Crippen LogP contribution is -2.41. The molecule has 4 rings (SSSR count). The summed E-state index contributed by atoms with van der Waals surface area (Å²) in [6, 6.07) is 8.93. The number of hydrogen-bond acceptors (Lipinski definition) is 4. The number of anilines is 1. The lowest BCUT2D eigenvalue weighted by molar-refractivity contribution is -0.118. The average molecular weight is 539 g/mol. The fourth-order valence-electron chi connectivity index (χ4n) is 4.90. The summed E-state index contributed by atoms with van der Waals surface area (Å²) in [7, 11) is 0. The van der Waals surface area contributed by atoms with Crippen molar-refractivity contribution in [3.63, 3.8) is 0 Å². The molecule has 0 aliphatic carbocycles. The number of fused-ring (bicyclic) bond motifs is 1. The number of ether oxygens (including phenoxy) is 1. The number of carbonyl (C=O) groups is 2. The van der Waals surface area contributed by atoms with Crippen molar-refractivity contribution in [3.05, 3.63) is 62.1 Å². The highest BCUT2D eigenvalue weighted by molar-refractivity contribution is 6.43. The van der Waals surface area contributed by atoms with Crippen LogP contribution in [0.5, 0.6) is 0 Å². The third-order valence-corrected chi connectivity index (χ3v) is 7.83. The molecule has 2 amide bonds. The molecule has 1 unspecified atom stereocenters. The lowest BCUT2D eigenvalue weighted by atomic mass is 9.85. The molecule has 2 aromatic carbocycles. The Bertz CT molecular complexity index is 1140. The number of amides is 2. The zero-order chi connectivity index (χ0) is 25.5. The highest BCUT2D eigenvalue weighted by atomic mass is 35.5. The van der Waals surface area contributed by atoms with Crippen molar-refractivity contribution >= 4 is 52.5 Å². The third-order valence-electron chi connectivity index (χ3n) is 6.66. The Kier molecular flexibility index (Phi) is 7.58. The summed E-state index contributed by atoms with van der Waals surface area (Å²) in [5, 5.41) is 2.45. The van der Waals surface area contributed by atoms with E-state index in [1.54, 1.807) is 17.0 Å². The first-order valence-corrected chi connectivity index (χ1v) is 12.9. The van der Waals surface area contributed by atoms with Crippen LogP contribution in [0.2, 0.25) is 15.1 Å². The van der Waals surface area contributed by atoms with Crippen molar-refractivity contribution in [2.45, 2.75) is 58.0 Å². The van der Waals surface area contributed by atoms with E-state index in [1.165, 1.54) is 0 Å². The van der Waals surface area contributed by atoms with E-state index in [1.807, 2.05) is 39.0 Å². The first-order valence-electron chi connectivity index (χ1n) is 11.8. The van der Waals surface area contributed by atoms with Crippen molar-refractivity contribution in [1.29, 1.82) is 0 Å². The number of halogens is 3. The predicted molar refractivity (Wildman–Crippen MR) is 140 cm³/mol. The van der Waals surface area contributed by atoms with Gasteiger partial charge in [-0.2, -0.15) is 0 Å². The van der Waals surface area contributed by atoms with Crippen LogP contribution in [-0.2, 0) is 16.0 Å². The summed E-state index contributed by atoms with van der Waals surface area (Å²) in [4.78, 5) is 27.4. The van der Waals surface area contributed by atoms with Gasteiger partial charge in [0.1, 0.15) is 5.60 Å². The minimum atomic E-state index is -0.637. The number of nitrogens with two attached hydrogens (primary N) is 1. The molecule has 6 nitrogen and oxygen atoms in total. The fraction of sp³-hybridized carbons (Fsp3) is 0.462. The van der Waals surface area contributed by atoms with Crippen LogP contribution in [0.1, 0.15) is 62.6 Å². The Morgan fingerprint density at radius 2 is 1.77 bits per heavy atom. The molecule has 2 aliphatic rings. The molecule has 9 heteroatoms. The molecule has 188 valence electrons. The SMILES string of the molecule is CC(C)(C)OC(=O)N1CCC(CCc2c(Cl)c(Cl)cc3c2C(c2ccccc2Cl)C(=O)N3N)CC1. The van der Waals surface area contributed by atoms with E-state index < -0.39 is 11.5 Å². The second-order valence-corrected chi connectivity index (χ2v) is 11.4. The normalized spacial score (nSPS) is 18.7. The summed E-state index contributed by atoms with van der Waals surface area (Å²) < 4.78 is 5.50. The van der Waals surface area contributed by atoms with E-state index >= 15 is 0 Å². The molecule has 2 aliphatic heterocycles. The minimum Gasteiger partial charge on any atom is -0.444 e. The van der Waals surface area contributed by atoms with Gasteiger partial charge >= 0.3 is 6.09 Å². The lowest BCUT2D eigenvalue weighted by Gasteiger charge is -2.33. The van der Waals surface area contributed by atoms with E-state index in [0.29, 0.717) is 51.7 Å². The van der Waals surface area contributed by atoms with Gasteiger partial charge in [-0.3, -0.25) is 4.79 Å². The molecular weight excluding hydrogens is 509 g/mol. The van der Waals surface area contributed by atoms with Gasteiger partial charge in [0, 0.05) is 18.1 Å². The molecule has 2 aromatic rings. The molecule has 1 saturated heterocycles. The summed E-state index contributed by atoms with van der Waals surface area (Å²) in [5.41, 5.74) is 2.34. The smallest absolute Gasteiger partial charge is 0.410 e. The van der Waals surface area contributed by atoms with Crippen LogP contribution in [0.3, 0.4) is 0 Å². The Hall–Kier alpha value is -1.99. The van der Waals surface area contributed by atoms with Gasteiger partial charge in [-0.05, 0) is 81.2 Å². The van der Waals surface area contributed by atoms with Crippen LogP contribution in [0.15, 0.2) is 30.3 Å². The molecule has 35 heavy (non-hydrogen) atoms. The number of hydrogen-bond donors (Lipinski definition) is 1. The van der Waals surface area contributed by atoms with E-state index in [-0.39, 0.29) is 12.0 Å². The second-order valence-electron chi connectivity index (χ2n) is 10.2. The maximum Gasteiger partial charge on any atom is 0.410 e. The average Bonchev–Trinajstić information content (AvgIpc) is 3.03. The Morgan fingerprint density at radius 3 is 2.40 bits per heavy atom. The minimum absolute atomic E-state index is 0.265. The summed E-state index contributed by atoms with van der Waals surface area (Å²) in [5.74, 6) is 5.68. The van der Waals surface area contributed by atoms with Crippen molar-refractivity contribution in [1.82, 2.24) is 4.90 Å². The van der Waals surface area contributed by atoms with E-state index in [4.69, 9.17) is 45.4 Å². The standard InChI is InChI=1S/C26H30Cl3N3O3/c1-26(2,3)35-25(34)31-12-10-15(11-13-31)8-9-17-21-20(14-19(28)23(17)29)32(30)24(33)22(21)16-6-4-5-7-18(16)27/h4-7,14-15,22H,8-13,30H2,1-3H3. The topological polar surface area (TPSA) is 75.9 Å². The monoisotopic (exact) mass is 537 g/mol. The molecule has 0 aromatic heterocycles. The summed E-state index contributed by atoms with van der Waals surface area (Å²) in [6.45, 7) is 6.91. The van der Waals surface area contributed by atoms with Gasteiger partial charge in [0.05, 0.1) is 21.7 Å². The van der Waals surface area contributed by atoms with Crippen LogP contribution in [0.4, 0.5) is 10.5 Å². The Morgan fingerprint density at radius 1 is 1.11 bits per heavy atom. The molecule has 1 fully saturated rings. The van der Waals surface area contributed by atoms with Crippen molar-refractivity contribution in [2.75, 3.05) is 18.1 Å². The quantitative estimate of drug-likeness (QED) is 0.352. The van der Waals surface area contributed by atoms with Crippen LogP contribution in [0.25, 0.3) is 0 Å². The van der Waals surface area contributed by atoms with E-state index in [2.05, 4.69) is 0 Å². The zero-order valence-corrected chi connectivity index (χ0v) is 22.4. The second kappa shape index (κ2) is 10.2.